The molecule has 36 heavy (non-hydrogen) atoms. The van der Waals surface area contributed by atoms with Crippen LogP contribution in [-0.2, 0) is 9.59 Å². The molecule has 6 nitrogen and oxygen atoms in total. The van der Waals surface area contributed by atoms with Crippen molar-refractivity contribution in [1.29, 1.82) is 0 Å². The third-order valence-corrected chi connectivity index (χ3v) is 6.47. The molecule has 1 saturated heterocycles. The number of carbonyl (C=O) groups is 2. The predicted octanol–water partition coefficient (Wildman–Crippen LogP) is 6.35. The molecule has 0 unspecified atom stereocenters. The van der Waals surface area contributed by atoms with Gasteiger partial charge in [-0.05, 0) is 48.5 Å². The largest absolute Gasteiger partial charge is 0.457 e. The SMILES string of the molecule is CC(C)C(=O)N1CCN(c2c(Cl)cccc2NC(=O)/C=C/c2ccc(-c3ccc(F)c(Cl)c3)o2)CC1. The Morgan fingerprint density at radius 3 is 2.47 bits per heavy atom. The summed E-state index contributed by atoms with van der Waals surface area (Å²) in [6, 6.07) is 13.1. The lowest BCUT2D eigenvalue weighted by Gasteiger charge is -2.38. The Labute approximate surface area is 219 Å². The molecule has 0 saturated carbocycles. The highest BCUT2D eigenvalue weighted by Gasteiger charge is 2.25. The lowest BCUT2D eigenvalue weighted by atomic mass is 10.1. The molecule has 0 aliphatic carbocycles. The first-order valence-corrected chi connectivity index (χ1v) is 12.3. The molecule has 188 valence electrons. The van der Waals surface area contributed by atoms with E-state index in [1.54, 1.807) is 42.5 Å². The molecule has 0 atom stereocenters. The summed E-state index contributed by atoms with van der Waals surface area (Å²) < 4.78 is 19.2. The number of nitrogens with one attached hydrogen (secondary N) is 1. The van der Waals surface area contributed by atoms with Gasteiger partial charge in [-0.25, -0.2) is 4.39 Å². The Morgan fingerprint density at radius 1 is 1.03 bits per heavy atom. The molecule has 4 rings (SSSR count). The predicted molar refractivity (Wildman–Crippen MR) is 142 cm³/mol. The van der Waals surface area contributed by atoms with Crippen LogP contribution in [-0.4, -0.2) is 42.9 Å². The number of carbonyl (C=O) groups excluding carboxylic acids is 2. The highest BCUT2D eigenvalue weighted by molar-refractivity contribution is 6.34. The van der Waals surface area contributed by atoms with Gasteiger partial charge in [-0.15, -0.1) is 0 Å². The molecule has 1 aliphatic rings. The van der Waals surface area contributed by atoms with Crippen LogP contribution in [0.25, 0.3) is 17.4 Å². The van der Waals surface area contributed by atoms with Crippen molar-refractivity contribution in [3.05, 3.63) is 76.2 Å². The molecule has 0 radical (unpaired) electrons. The van der Waals surface area contributed by atoms with E-state index in [4.69, 9.17) is 27.6 Å². The Bertz CT molecular complexity index is 1300. The molecule has 2 aromatic carbocycles. The molecular formula is C27H26Cl2FN3O3. The summed E-state index contributed by atoms with van der Waals surface area (Å²) in [5.74, 6) is 0.195. The van der Waals surface area contributed by atoms with Crippen molar-refractivity contribution >= 4 is 52.5 Å². The van der Waals surface area contributed by atoms with Gasteiger partial charge in [-0.3, -0.25) is 9.59 Å². The number of furan rings is 1. The minimum Gasteiger partial charge on any atom is -0.457 e. The van der Waals surface area contributed by atoms with E-state index in [1.165, 1.54) is 18.2 Å². The number of benzene rings is 2. The Morgan fingerprint density at radius 2 is 1.78 bits per heavy atom. The number of rotatable bonds is 6. The van der Waals surface area contributed by atoms with Gasteiger partial charge < -0.3 is 19.5 Å². The van der Waals surface area contributed by atoms with E-state index in [0.717, 1.165) is 5.69 Å². The quantitative estimate of drug-likeness (QED) is 0.378. The van der Waals surface area contributed by atoms with E-state index in [1.807, 2.05) is 18.7 Å². The van der Waals surface area contributed by atoms with Crippen molar-refractivity contribution in [2.24, 2.45) is 5.92 Å². The van der Waals surface area contributed by atoms with Gasteiger partial charge >= 0.3 is 0 Å². The van der Waals surface area contributed by atoms with Crippen molar-refractivity contribution in [2.45, 2.75) is 13.8 Å². The maximum Gasteiger partial charge on any atom is 0.248 e. The summed E-state index contributed by atoms with van der Waals surface area (Å²) in [7, 11) is 0. The average Bonchev–Trinajstić information content (AvgIpc) is 3.33. The highest BCUT2D eigenvalue weighted by atomic mass is 35.5. The second kappa shape index (κ2) is 11.2. The van der Waals surface area contributed by atoms with E-state index >= 15 is 0 Å². The zero-order chi connectivity index (χ0) is 25.8. The van der Waals surface area contributed by atoms with E-state index in [0.29, 0.717) is 54.0 Å². The maximum absolute atomic E-state index is 13.4. The third kappa shape index (κ3) is 5.91. The number of halogens is 3. The Balaban J connectivity index is 1.43. The minimum atomic E-state index is -0.505. The van der Waals surface area contributed by atoms with E-state index < -0.39 is 5.82 Å². The van der Waals surface area contributed by atoms with Crippen molar-refractivity contribution in [3.8, 4) is 11.3 Å². The Hall–Kier alpha value is -3.29. The van der Waals surface area contributed by atoms with Gasteiger partial charge in [-0.2, -0.15) is 0 Å². The standard InChI is InChI=1S/C27H26Cl2FN3O3/c1-17(2)27(35)33-14-12-32(13-15-33)26-20(28)4-3-5-23(26)31-25(34)11-8-19-7-10-24(36-19)18-6-9-22(30)21(29)16-18/h3-11,16-17H,12-15H2,1-2H3,(H,31,34)/b11-8+. The van der Waals surface area contributed by atoms with Gasteiger partial charge in [0.2, 0.25) is 11.8 Å². The monoisotopic (exact) mass is 529 g/mol. The summed E-state index contributed by atoms with van der Waals surface area (Å²) in [5.41, 5.74) is 1.94. The lowest BCUT2D eigenvalue weighted by molar-refractivity contribution is -0.134. The van der Waals surface area contributed by atoms with E-state index in [2.05, 4.69) is 10.2 Å². The summed E-state index contributed by atoms with van der Waals surface area (Å²) >= 11 is 12.4. The van der Waals surface area contributed by atoms with Gasteiger partial charge in [0, 0.05) is 43.7 Å². The molecule has 0 spiro atoms. The fourth-order valence-electron chi connectivity index (χ4n) is 4.03. The number of piperazine rings is 1. The summed E-state index contributed by atoms with van der Waals surface area (Å²) in [5, 5.41) is 3.42. The first kappa shape index (κ1) is 25.8. The summed E-state index contributed by atoms with van der Waals surface area (Å²) in [6.45, 7) is 6.20. The Kier molecular flexibility index (Phi) is 8.01. The summed E-state index contributed by atoms with van der Waals surface area (Å²) in [4.78, 5) is 28.9. The molecular weight excluding hydrogens is 504 g/mol. The lowest BCUT2D eigenvalue weighted by Crippen LogP contribution is -2.50. The van der Waals surface area contributed by atoms with Crippen LogP contribution in [0.4, 0.5) is 15.8 Å². The molecule has 1 fully saturated rings. The summed E-state index contributed by atoms with van der Waals surface area (Å²) in [6.07, 6.45) is 2.91. The maximum atomic E-state index is 13.4. The van der Waals surface area contributed by atoms with Crippen molar-refractivity contribution in [2.75, 3.05) is 36.4 Å². The van der Waals surface area contributed by atoms with Crippen LogP contribution in [0.3, 0.4) is 0 Å². The van der Waals surface area contributed by atoms with Crippen molar-refractivity contribution in [1.82, 2.24) is 4.90 Å². The number of hydrogen-bond acceptors (Lipinski definition) is 4. The molecule has 1 aromatic heterocycles. The van der Waals surface area contributed by atoms with E-state index in [9.17, 15) is 14.0 Å². The second-order valence-electron chi connectivity index (χ2n) is 8.76. The van der Waals surface area contributed by atoms with Crippen LogP contribution in [0.5, 0.6) is 0 Å². The van der Waals surface area contributed by atoms with E-state index in [-0.39, 0.29) is 22.8 Å². The first-order chi connectivity index (χ1) is 17.2. The fraction of sp³-hybridized carbons (Fsp3) is 0.259. The molecule has 9 heteroatoms. The van der Waals surface area contributed by atoms with Crippen LogP contribution in [0, 0.1) is 11.7 Å². The third-order valence-electron chi connectivity index (χ3n) is 5.88. The van der Waals surface area contributed by atoms with Gasteiger partial charge in [0.25, 0.3) is 0 Å². The van der Waals surface area contributed by atoms with Crippen molar-refractivity contribution < 1.29 is 18.4 Å². The van der Waals surface area contributed by atoms with Crippen LogP contribution in [0.1, 0.15) is 19.6 Å². The van der Waals surface area contributed by atoms with Gasteiger partial charge in [0.15, 0.2) is 0 Å². The highest BCUT2D eigenvalue weighted by Crippen LogP contribution is 2.35. The van der Waals surface area contributed by atoms with Gasteiger partial charge in [-0.1, -0.05) is 43.1 Å². The van der Waals surface area contributed by atoms with Crippen LogP contribution in [0.2, 0.25) is 10.0 Å². The normalized spacial score (nSPS) is 14.1. The van der Waals surface area contributed by atoms with Gasteiger partial charge in [0.05, 0.1) is 21.4 Å². The topological polar surface area (TPSA) is 65.8 Å². The molecule has 3 aromatic rings. The smallest absolute Gasteiger partial charge is 0.248 e. The zero-order valence-electron chi connectivity index (χ0n) is 19.9. The van der Waals surface area contributed by atoms with Gasteiger partial charge in [0.1, 0.15) is 17.3 Å². The zero-order valence-corrected chi connectivity index (χ0v) is 21.4. The minimum absolute atomic E-state index is 0.00521. The number of para-hydroxylation sites is 1. The number of hydrogen-bond donors (Lipinski definition) is 1. The first-order valence-electron chi connectivity index (χ1n) is 11.6. The fourth-order valence-corrected chi connectivity index (χ4v) is 4.51. The van der Waals surface area contributed by atoms with Crippen LogP contribution >= 0.6 is 23.2 Å². The molecule has 1 N–H and O–H groups in total. The van der Waals surface area contributed by atoms with Crippen molar-refractivity contribution in [3.63, 3.8) is 0 Å². The molecule has 2 heterocycles. The number of anilines is 2. The number of nitrogens with zero attached hydrogens (tertiary/aromatic N) is 2. The molecule has 2 amide bonds. The molecule has 1 aliphatic heterocycles. The molecule has 0 bridgehead atoms. The van der Waals surface area contributed by atoms with Crippen LogP contribution in [0.15, 0.2) is 59.0 Å². The number of amides is 2. The van der Waals surface area contributed by atoms with Crippen LogP contribution < -0.4 is 10.2 Å². The second-order valence-corrected chi connectivity index (χ2v) is 9.57. The average molecular weight is 530 g/mol.